The number of para-hydroxylation sites is 2. The maximum absolute atomic E-state index is 12.3. The van der Waals surface area contributed by atoms with Gasteiger partial charge < -0.3 is 14.6 Å². The predicted molar refractivity (Wildman–Crippen MR) is 93.5 cm³/mol. The van der Waals surface area contributed by atoms with Gasteiger partial charge in [0.1, 0.15) is 5.75 Å². The second kappa shape index (κ2) is 7.46. The SMILES string of the molecule is COc1ccc(CCC(=O)Nc2ccccc2-n2ccnc2)cc1. The summed E-state index contributed by atoms with van der Waals surface area (Å²) in [6.07, 6.45) is 6.38. The van der Waals surface area contributed by atoms with Crippen LogP contribution in [0.25, 0.3) is 5.69 Å². The zero-order valence-electron chi connectivity index (χ0n) is 13.5. The lowest BCUT2D eigenvalue weighted by Gasteiger charge is -2.11. The van der Waals surface area contributed by atoms with Crippen LogP contribution in [0.2, 0.25) is 0 Å². The molecule has 0 atom stereocenters. The van der Waals surface area contributed by atoms with E-state index in [0.717, 1.165) is 22.7 Å². The molecule has 0 radical (unpaired) electrons. The lowest BCUT2D eigenvalue weighted by atomic mass is 10.1. The molecule has 0 bridgehead atoms. The molecule has 2 aromatic carbocycles. The summed E-state index contributed by atoms with van der Waals surface area (Å²) in [5.41, 5.74) is 2.77. The summed E-state index contributed by atoms with van der Waals surface area (Å²) in [7, 11) is 1.64. The zero-order chi connectivity index (χ0) is 16.8. The van der Waals surface area contributed by atoms with Gasteiger partial charge in [-0.2, -0.15) is 0 Å². The van der Waals surface area contributed by atoms with Crippen molar-refractivity contribution in [1.82, 2.24) is 9.55 Å². The van der Waals surface area contributed by atoms with Crippen molar-refractivity contribution < 1.29 is 9.53 Å². The smallest absolute Gasteiger partial charge is 0.224 e. The number of aromatic nitrogens is 2. The maximum atomic E-state index is 12.3. The van der Waals surface area contributed by atoms with Crippen LogP contribution in [0.5, 0.6) is 5.75 Å². The van der Waals surface area contributed by atoms with Gasteiger partial charge in [0.2, 0.25) is 5.91 Å². The first-order valence-corrected chi connectivity index (χ1v) is 7.76. The van der Waals surface area contributed by atoms with E-state index < -0.39 is 0 Å². The van der Waals surface area contributed by atoms with Gasteiger partial charge in [-0.15, -0.1) is 0 Å². The van der Waals surface area contributed by atoms with Crippen LogP contribution in [0, 0.1) is 0 Å². The first kappa shape index (κ1) is 15.8. The molecular formula is C19H19N3O2. The minimum absolute atomic E-state index is 0.0154. The monoisotopic (exact) mass is 321 g/mol. The van der Waals surface area contributed by atoms with Crippen LogP contribution in [0.15, 0.2) is 67.3 Å². The summed E-state index contributed by atoms with van der Waals surface area (Å²) in [5.74, 6) is 0.802. The molecule has 122 valence electrons. The number of anilines is 1. The molecule has 0 fully saturated rings. The highest BCUT2D eigenvalue weighted by molar-refractivity contribution is 5.92. The molecule has 0 aliphatic rings. The van der Waals surface area contributed by atoms with Gasteiger partial charge in [0.15, 0.2) is 0 Å². The largest absolute Gasteiger partial charge is 0.497 e. The highest BCUT2D eigenvalue weighted by atomic mass is 16.5. The Kier molecular flexibility index (Phi) is 4.91. The summed E-state index contributed by atoms with van der Waals surface area (Å²) in [4.78, 5) is 16.3. The number of aryl methyl sites for hydroxylation is 1. The molecule has 0 saturated carbocycles. The Morgan fingerprint density at radius 3 is 2.67 bits per heavy atom. The van der Waals surface area contributed by atoms with E-state index in [-0.39, 0.29) is 5.91 Å². The Morgan fingerprint density at radius 2 is 1.96 bits per heavy atom. The molecule has 3 rings (SSSR count). The Morgan fingerprint density at radius 1 is 1.17 bits per heavy atom. The third kappa shape index (κ3) is 3.81. The number of nitrogens with zero attached hydrogens (tertiary/aromatic N) is 2. The van der Waals surface area contributed by atoms with Crippen molar-refractivity contribution in [1.29, 1.82) is 0 Å². The van der Waals surface area contributed by atoms with Gasteiger partial charge in [0, 0.05) is 18.8 Å². The normalized spacial score (nSPS) is 10.4. The van der Waals surface area contributed by atoms with Crippen LogP contribution < -0.4 is 10.1 Å². The topological polar surface area (TPSA) is 56.1 Å². The average Bonchev–Trinajstić information content (AvgIpc) is 3.15. The van der Waals surface area contributed by atoms with E-state index in [0.29, 0.717) is 12.8 Å². The van der Waals surface area contributed by atoms with Crippen LogP contribution >= 0.6 is 0 Å². The van der Waals surface area contributed by atoms with Gasteiger partial charge >= 0.3 is 0 Å². The van der Waals surface area contributed by atoms with Crippen molar-refractivity contribution >= 4 is 11.6 Å². The molecule has 0 spiro atoms. The van der Waals surface area contributed by atoms with Gasteiger partial charge in [-0.3, -0.25) is 4.79 Å². The van der Waals surface area contributed by atoms with Crippen molar-refractivity contribution in [3.05, 3.63) is 72.8 Å². The van der Waals surface area contributed by atoms with Gasteiger partial charge in [0.25, 0.3) is 0 Å². The van der Waals surface area contributed by atoms with Crippen LogP contribution in [-0.2, 0) is 11.2 Å². The van der Waals surface area contributed by atoms with Gasteiger partial charge in [-0.05, 0) is 36.2 Å². The highest BCUT2D eigenvalue weighted by Crippen LogP contribution is 2.20. The second-order valence-corrected chi connectivity index (χ2v) is 5.38. The van der Waals surface area contributed by atoms with E-state index in [2.05, 4.69) is 10.3 Å². The number of benzene rings is 2. The Hall–Kier alpha value is -3.08. The third-order valence-corrected chi connectivity index (χ3v) is 3.76. The number of carbonyl (C=O) groups is 1. The summed E-state index contributed by atoms with van der Waals surface area (Å²) < 4.78 is 7.01. The number of nitrogens with one attached hydrogen (secondary N) is 1. The molecule has 1 amide bonds. The Bertz CT molecular complexity index is 796. The zero-order valence-corrected chi connectivity index (χ0v) is 13.5. The number of imidazole rings is 1. The van der Waals surface area contributed by atoms with Crippen molar-refractivity contribution in [3.63, 3.8) is 0 Å². The molecule has 1 heterocycles. The van der Waals surface area contributed by atoms with Crippen LogP contribution in [0.3, 0.4) is 0 Å². The summed E-state index contributed by atoms with van der Waals surface area (Å²) in [6.45, 7) is 0. The lowest BCUT2D eigenvalue weighted by molar-refractivity contribution is -0.116. The number of amides is 1. The maximum Gasteiger partial charge on any atom is 0.224 e. The molecule has 5 nitrogen and oxygen atoms in total. The average molecular weight is 321 g/mol. The number of ether oxygens (including phenoxy) is 1. The fourth-order valence-electron chi connectivity index (χ4n) is 2.47. The summed E-state index contributed by atoms with van der Waals surface area (Å²) >= 11 is 0. The number of hydrogen-bond donors (Lipinski definition) is 1. The summed E-state index contributed by atoms with van der Waals surface area (Å²) in [5, 5.41) is 2.98. The van der Waals surface area contributed by atoms with Crippen LogP contribution in [-0.4, -0.2) is 22.6 Å². The molecule has 0 unspecified atom stereocenters. The molecule has 1 aromatic heterocycles. The van der Waals surface area contributed by atoms with E-state index in [1.54, 1.807) is 19.6 Å². The number of rotatable bonds is 6. The molecular weight excluding hydrogens is 302 g/mol. The van der Waals surface area contributed by atoms with Crippen molar-refractivity contribution in [2.45, 2.75) is 12.8 Å². The van der Waals surface area contributed by atoms with E-state index in [4.69, 9.17) is 4.74 Å². The van der Waals surface area contributed by atoms with Gasteiger partial charge in [-0.1, -0.05) is 24.3 Å². The predicted octanol–water partition coefficient (Wildman–Crippen LogP) is 3.45. The standard InChI is InChI=1S/C19H19N3O2/c1-24-16-9-6-15(7-10-16)8-11-19(23)21-17-4-2-3-5-18(17)22-13-12-20-14-22/h2-7,9-10,12-14H,8,11H2,1H3,(H,21,23). The summed E-state index contributed by atoms with van der Waals surface area (Å²) in [6, 6.07) is 15.4. The molecule has 5 heteroatoms. The lowest BCUT2D eigenvalue weighted by Crippen LogP contribution is -2.14. The van der Waals surface area contributed by atoms with E-state index >= 15 is 0 Å². The van der Waals surface area contributed by atoms with E-state index in [1.165, 1.54) is 0 Å². The second-order valence-electron chi connectivity index (χ2n) is 5.38. The molecule has 0 aliphatic carbocycles. The molecule has 0 saturated heterocycles. The van der Waals surface area contributed by atoms with Crippen molar-refractivity contribution in [3.8, 4) is 11.4 Å². The van der Waals surface area contributed by atoms with E-state index in [1.807, 2.05) is 59.3 Å². The molecule has 1 N–H and O–H groups in total. The van der Waals surface area contributed by atoms with Gasteiger partial charge in [0.05, 0.1) is 24.8 Å². The first-order chi connectivity index (χ1) is 11.8. The molecule has 3 aromatic rings. The van der Waals surface area contributed by atoms with Crippen molar-refractivity contribution in [2.75, 3.05) is 12.4 Å². The molecule has 24 heavy (non-hydrogen) atoms. The minimum Gasteiger partial charge on any atom is -0.497 e. The quantitative estimate of drug-likeness (QED) is 0.756. The fourth-order valence-corrected chi connectivity index (χ4v) is 2.47. The fraction of sp³-hybridized carbons (Fsp3) is 0.158. The Balaban J connectivity index is 1.63. The Labute approximate surface area is 140 Å². The van der Waals surface area contributed by atoms with E-state index in [9.17, 15) is 4.79 Å². The highest BCUT2D eigenvalue weighted by Gasteiger charge is 2.08. The van der Waals surface area contributed by atoms with Crippen molar-refractivity contribution in [2.24, 2.45) is 0 Å². The molecule has 0 aliphatic heterocycles. The first-order valence-electron chi connectivity index (χ1n) is 7.76. The van der Waals surface area contributed by atoms with Crippen LogP contribution in [0.1, 0.15) is 12.0 Å². The number of hydrogen-bond acceptors (Lipinski definition) is 3. The minimum atomic E-state index is -0.0154. The van der Waals surface area contributed by atoms with Crippen LogP contribution in [0.4, 0.5) is 5.69 Å². The van der Waals surface area contributed by atoms with Gasteiger partial charge in [-0.25, -0.2) is 4.98 Å². The number of methoxy groups -OCH3 is 1. The third-order valence-electron chi connectivity index (χ3n) is 3.76. The number of carbonyl (C=O) groups excluding carboxylic acids is 1.